The van der Waals surface area contributed by atoms with E-state index < -0.39 is 0 Å². The van der Waals surface area contributed by atoms with E-state index in [1.807, 2.05) is 35.8 Å². The molecule has 0 radical (unpaired) electrons. The Morgan fingerprint density at radius 2 is 1.86 bits per heavy atom. The zero-order valence-corrected chi connectivity index (χ0v) is 17.4. The third-order valence-electron chi connectivity index (χ3n) is 5.00. The zero-order chi connectivity index (χ0) is 20.0. The molecule has 0 aliphatic carbocycles. The number of aromatic amines is 1. The summed E-state index contributed by atoms with van der Waals surface area (Å²) in [4.78, 5) is 12.9. The van der Waals surface area contributed by atoms with Crippen LogP contribution in [0.1, 0.15) is 29.3 Å². The fourth-order valence-electron chi connectivity index (χ4n) is 3.60. The molecule has 5 rings (SSSR count). The van der Waals surface area contributed by atoms with E-state index in [9.17, 15) is 0 Å². The summed E-state index contributed by atoms with van der Waals surface area (Å²) in [5.41, 5.74) is 6.45. The van der Waals surface area contributed by atoms with E-state index in [4.69, 9.17) is 10.1 Å². The maximum atomic E-state index is 4.96. The van der Waals surface area contributed by atoms with Crippen LogP contribution < -0.4 is 0 Å². The number of fused-ring (bicyclic) bond motifs is 3. The number of hydrogen-bond acceptors (Lipinski definition) is 4. The fraction of sp³-hybridized carbons (Fsp3) is 0.174. The molecule has 0 saturated carbocycles. The van der Waals surface area contributed by atoms with Gasteiger partial charge in [0.15, 0.2) is 5.16 Å². The molecular weight excluding hydrogens is 378 g/mol. The lowest BCUT2D eigenvalue weighted by Crippen LogP contribution is -2.06. The SMILES string of the molecule is Cc1ccc2nc(C(C)Sc3ncc(-c4ccccc4)[nH]3)n3nc(C)cc3c2c1. The molecule has 3 aromatic heterocycles. The number of hydrogen-bond donors (Lipinski definition) is 1. The van der Waals surface area contributed by atoms with Crippen LogP contribution in [-0.2, 0) is 0 Å². The Hall–Kier alpha value is -3.12. The van der Waals surface area contributed by atoms with Gasteiger partial charge in [0, 0.05) is 5.39 Å². The molecule has 5 aromatic rings. The van der Waals surface area contributed by atoms with Crippen LogP contribution >= 0.6 is 11.8 Å². The summed E-state index contributed by atoms with van der Waals surface area (Å²) in [6.07, 6.45) is 1.88. The number of thioether (sulfide) groups is 1. The van der Waals surface area contributed by atoms with E-state index in [-0.39, 0.29) is 5.25 Å². The standard InChI is InChI=1S/C23H21N5S/c1-14-9-10-19-18(11-14)21-12-15(2)27-28(21)22(25-19)16(3)29-23-24-13-20(26-23)17-7-5-4-6-8-17/h4-13,16H,1-3H3,(H,24,26). The Bertz CT molecular complexity index is 1320. The van der Waals surface area contributed by atoms with Crippen LogP contribution in [-0.4, -0.2) is 24.6 Å². The van der Waals surface area contributed by atoms with Gasteiger partial charge in [-0.1, -0.05) is 53.7 Å². The molecule has 0 aliphatic heterocycles. The molecule has 0 spiro atoms. The van der Waals surface area contributed by atoms with Crippen LogP contribution in [0, 0.1) is 13.8 Å². The molecule has 144 valence electrons. The van der Waals surface area contributed by atoms with Gasteiger partial charge in [0.2, 0.25) is 0 Å². The minimum absolute atomic E-state index is 0.0808. The number of imidazole rings is 1. The molecule has 2 aromatic carbocycles. The lowest BCUT2D eigenvalue weighted by Gasteiger charge is -2.13. The topological polar surface area (TPSA) is 58.9 Å². The average molecular weight is 400 g/mol. The maximum Gasteiger partial charge on any atom is 0.166 e. The molecule has 29 heavy (non-hydrogen) atoms. The highest BCUT2D eigenvalue weighted by Gasteiger charge is 2.18. The van der Waals surface area contributed by atoms with Crippen molar-refractivity contribution in [2.75, 3.05) is 0 Å². The summed E-state index contributed by atoms with van der Waals surface area (Å²) in [5, 5.41) is 6.81. The Kier molecular flexibility index (Phi) is 4.36. The van der Waals surface area contributed by atoms with Crippen molar-refractivity contribution >= 4 is 28.2 Å². The van der Waals surface area contributed by atoms with Crippen molar-refractivity contribution in [3.8, 4) is 11.3 Å². The van der Waals surface area contributed by atoms with Gasteiger partial charge in [0.25, 0.3) is 0 Å². The van der Waals surface area contributed by atoms with Crippen LogP contribution in [0.5, 0.6) is 0 Å². The van der Waals surface area contributed by atoms with Gasteiger partial charge in [-0.15, -0.1) is 0 Å². The highest BCUT2D eigenvalue weighted by Crippen LogP contribution is 2.35. The first-order valence-corrected chi connectivity index (χ1v) is 10.5. The summed E-state index contributed by atoms with van der Waals surface area (Å²) in [6, 6.07) is 18.7. The van der Waals surface area contributed by atoms with E-state index in [1.165, 1.54) is 5.56 Å². The second-order valence-corrected chi connectivity index (χ2v) is 8.63. The first-order valence-electron chi connectivity index (χ1n) is 9.62. The van der Waals surface area contributed by atoms with Crippen LogP contribution in [0.25, 0.3) is 27.7 Å². The van der Waals surface area contributed by atoms with Gasteiger partial charge >= 0.3 is 0 Å². The first-order chi connectivity index (χ1) is 14.1. The fourth-order valence-corrected chi connectivity index (χ4v) is 4.48. The number of nitrogens with zero attached hydrogens (tertiary/aromatic N) is 4. The van der Waals surface area contributed by atoms with Gasteiger partial charge in [-0.05, 0) is 44.5 Å². The first kappa shape index (κ1) is 17.9. The normalized spacial score (nSPS) is 12.7. The molecule has 5 nitrogen and oxygen atoms in total. The highest BCUT2D eigenvalue weighted by atomic mass is 32.2. The van der Waals surface area contributed by atoms with Crippen molar-refractivity contribution in [2.24, 2.45) is 0 Å². The molecule has 6 heteroatoms. The van der Waals surface area contributed by atoms with Gasteiger partial charge in [-0.3, -0.25) is 0 Å². The molecule has 1 atom stereocenters. The van der Waals surface area contributed by atoms with E-state index >= 15 is 0 Å². The third kappa shape index (κ3) is 3.29. The molecule has 1 N–H and O–H groups in total. The minimum Gasteiger partial charge on any atom is -0.333 e. The Morgan fingerprint density at radius 3 is 2.69 bits per heavy atom. The van der Waals surface area contributed by atoms with Crippen molar-refractivity contribution < 1.29 is 0 Å². The minimum atomic E-state index is 0.0808. The molecular formula is C23H21N5S. The predicted molar refractivity (Wildman–Crippen MR) is 118 cm³/mol. The second-order valence-electron chi connectivity index (χ2n) is 7.30. The van der Waals surface area contributed by atoms with Crippen LogP contribution in [0.15, 0.2) is 66.0 Å². The van der Waals surface area contributed by atoms with Gasteiger partial charge in [0.1, 0.15) is 5.82 Å². The number of benzene rings is 2. The molecule has 3 heterocycles. The molecule has 1 unspecified atom stereocenters. The maximum absolute atomic E-state index is 4.96. The van der Waals surface area contributed by atoms with Gasteiger partial charge in [-0.2, -0.15) is 5.10 Å². The monoisotopic (exact) mass is 399 g/mol. The van der Waals surface area contributed by atoms with Crippen molar-refractivity contribution in [3.05, 3.63) is 77.9 Å². The van der Waals surface area contributed by atoms with Crippen LogP contribution in [0.2, 0.25) is 0 Å². The molecule has 0 saturated heterocycles. The summed E-state index contributed by atoms with van der Waals surface area (Å²) in [6.45, 7) is 6.27. The number of nitrogens with one attached hydrogen (secondary N) is 1. The zero-order valence-electron chi connectivity index (χ0n) is 16.5. The summed E-state index contributed by atoms with van der Waals surface area (Å²) in [5.74, 6) is 0.923. The number of aryl methyl sites for hydroxylation is 2. The smallest absolute Gasteiger partial charge is 0.166 e. The van der Waals surface area contributed by atoms with Gasteiger partial charge in [0.05, 0.1) is 33.9 Å². The Balaban J connectivity index is 1.53. The largest absolute Gasteiger partial charge is 0.333 e. The lowest BCUT2D eigenvalue weighted by molar-refractivity contribution is 0.800. The summed E-state index contributed by atoms with van der Waals surface area (Å²) >= 11 is 1.66. The average Bonchev–Trinajstić information content (AvgIpc) is 3.34. The quantitative estimate of drug-likeness (QED) is 0.391. The van der Waals surface area contributed by atoms with E-state index in [1.54, 1.807) is 11.8 Å². The van der Waals surface area contributed by atoms with Crippen molar-refractivity contribution in [1.29, 1.82) is 0 Å². The number of H-pyrrole nitrogens is 1. The van der Waals surface area contributed by atoms with E-state index in [0.29, 0.717) is 0 Å². The van der Waals surface area contributed by atoms with E-state index in [0.717, 1.165) is 44.4 Å². The van der Waals surface area contributed by atoms with Crippen molar-refractivity contribution in [3.63, 3.8) is 0 Å². The summed E-state index contributed by atoms with van der Waals surface area (Å²) < 4.78 is 1.98. The van der Waals surface area contributed by atoms with Gasteiger partial charge in [-0.25, -0.2) is 14.5 Å². The van der Waals surface area contributed by atoms with Crippen molar-refractivity contribution in [2.45, 2.75) is 31.2 Å². The molecule has 0 amide bonds. The highest BCUT2D eigenvalue weighted by molar-refractivity contribution is 7.99. The van der Waals surface area contributed by atoms with Crippen LogP contribution in [0.3, 0.4) is 0 Å². The number of rotatable bonds is 4. The Labute approximate surface area is 173 Å². The Morgan fingerprint density at radius 1 is 1.03 bits per heavy atom. The third-order valence-corrected chi connectivity index (χ3v) is 6.00. The molecule has 0 aliphatic rings. The molecule has 0 fully saturated rings. The van der Waals surface area contributed by atoms with Crippen molar-refractivity contribution in [1.82, 2.24) is 24.6 Å². The second kappa shape index (κ2) is 7.04. The lowest BCUT2D eigenvalue weighted by atomic mass is 10.1. The van der Waals surface area contributed by atoms with Crippen LogP contribution in [0.4, 0.5) is 0 Å². The van der Waals surface area contributed by atoms with Gasteiger partial charge < -0.3 is 4.98 Å². The van der Waals surface area contributed by atoms with E-state index in [2.05, 4.69) is 60.2 Å². The number of aromatic nitrogens is 5. The predicted octanol–water partition coefficient (Wildman–Crippen LogP) is 5.74. The summed E-state index contributed by atoms with van der Waals surface area (Å²) in [7, 11) is 0. The molecule has 0 bridgehead atoms.